The van der Waals surface area contributed by atoms with Crippen LogP contribution in [0.1, 0.15) is 87.8 Å². The Labute approximate surface area is 166 Å². The first-order valence-corrected chi connectivity index (χ1v) is 10.6. The lowest BCUT2D eigenvalue weighted by Crippen LogP contribution is -2.26. The third-order valence-corrected chi connectivity index (χ3v) is 6.01. The predicted octanol–water partition coefficient (Wildman–Crippen LogP) is 7.14. The zero-order chi connectivity index (χ0) is 20.1. The van der Waals surface area contributed by atoms with Gasteiger partial charge in [-0.05, 0) is 74.5 Å². The van der Waals surface area contributed by atoms with Gasteiger partial charge in [0.2, 0.25) is 0 Å². The second kappa shape index (κ2) is 9.34. The van der Waals surface area contributed by atoms with Gasteiger partial charge in [-0.3, -0.25) is 0 Å². The first-order valence-electron chi connectivity index (χ1n) is 10.6. The van der Waals surface area contributed by atoms with E-state index in [-0.39, 0.29) is 17.2 Å². The number of ether oxygens (including phenoxy) is 2. The summed E-state index contributed by atoms with van der Waals surface area (Å²) in [6.07, 6.45) is 4.72. The van der Waals surface area contributed by atoms with E-state index in [9.17, 15) is 8.78 Å². The van der Waals surface area contributed by atoms with Crippen molar-refractivity contribution in [2.24, 2.45) is 5.92 Å². The Hall–Kier alpha value is -1.49. The van der Waals surface area contributed by atoms with E-state index >= 15 is 4.39 Å². The van der Waals surface area contributed by atoms with Gasteiger partial charge < -0.3 is 9.47 Å². The van der Waals surface area contributed by atoms with Gasteiger partial charge >= 0.3 is 6.11 Å². The van der Waals surface area contributed by atoms with E-state index in [0.29, 0.717) is 17.9 Å². The smallest absolute Gasteiger partial charge is 0.429 e. The molecular formula is C23H31F3O2. The topological polar surface area (TPSA) is 18.5 Å². The van der Waals surface area contributed by atoms with Gasteiger partial charge in [-0.2, -0.15) is 8.78 Å². The fourth-order valence-electron chi connectivity index (χ4n) is 4.39. The van der Waals surface area contributed by atoms with Crippen molar-refractivity contribution in [1.82, 2.24) is 0 Å². The molecule has 1 aliphatic heterocycles. The van der Waals surface area contributed by atoms with Gasteiger partial charge in [0.25, 0.3) is 0 Å². The number of fused-ring (bicyclic) bond motifs is 1. The van der Waals surface area contributed by atoms with Gasteiger partial charge in [0.1, 0.15) is 17.1 Å². The van der Waals surface area contributed by atoms with Crippen LogP contribution in [0.25, 0.3) is 6.08 Å². The van der Waals surface area contributed by atoms with E-state index < -0.39 is 17.5 Å². The largest absolute Gasteiger partial charge is 0.433 e. The van der Waals surface area contributed by atoms with Gasteiger partial charge in [0, 0.05) is 19.6 Å². The molecule has 1 saturated carbocycles. The number of allylic oxidation sites excluding steroid dienone is 1. The highest BCUT2D eigenvalue weighted by molar-refractivity contribution is 5.60. The summed E-state index contributed by atoms with van der Waals surface area (Å²) >= 11 is 0. The summed E-state index contributed by atoms with van der Waals surface area (Å²) in [6.45, 7) is 5.46. The van der Waals surface area contributed by atoms with Crippen LogP contribution in [-0.2, 0) is 15.6 Å². The number of alkyl halides is 2. The monoisotopic (exact) mass is 396 g/mol. The molecule has 0 radical (unpaired) electrons. The molecule has 1 fully saturated rings. The molecule has 3 rings (SSSR count). The Kier molecular flexibility index (Phi) is 7.08. The molecule has 1 aromatic carbocycles. The van der Waals surface area contributed by atoms with Crippen molar-refractivity contribution in [1.29, 1.82) is 0 Å². The molecule has 28 heavy (non-hydrogen) atoms. The van der Waals surface area contributed by atoms with Crippen molar-refractivity contribution < 1.29 is 22.6 Å². The molecule has 0 aromatic heterocycles. The molecule has 2 nitrogen and oxygen atoms in total. The molecule has 2 aliphatic rings. The summed E-state index contributed by atoms with van der Waals surface area (Å²) in [7, 11) is 0. The summed E-state index contributed by atoms with van der Waals surface area (Å²) in [5, 5.41) is 0. The van der Waals surface area contributed by atoms with Crippen molar-refractivity contribution in [3.63, 3.8) is 0 Å². The van der Waals surface area contributed by atoms with Crippen molar-refractivity contribution in [2.45, 2.75) is 77.2 Å². The van der Waals surface area contributed by atoms with Gasteiger partial charge in [-0.25, -0.2) is 4.39 Å². The lowest BCUT2D eigenvalue weighted by Gasteiger charge is -2.31. The van der Waals surface area contributed by atoms with Crippen LogP contribution < -0.4 is 0 Å². The van der Waals surface area contributed by atoms with E-state index in [0.717, 1.165) is 58.2 Å². The number of rotatable bonds is 8. The van der Waals surface area contributed by atoms with Crippen LogP contribution in [0.15, 0.2) is 17.9 Å². The van der Waals surface area contributed by atoms with Crippen LogP contribution >= 0.6 is 0 Å². The Morgan fingerprint density at radius 3 is 2.57 bits per heavy atom. The van der Waals surface area contributed by atoms with Crippen LogP contribution in [0.4, 0.5) is 13.2 Å². The molecule has 1 heterocycles. The first-order chi connectivity index (χ1) is 13.5. The summed E-state index contributed by atoms with van der Waals surface area (Å²) in [4.78, 5) is 0. The molecule has 0 spiro atoms. The van der Waals surface area contributed by atoms with Crippen molar-refractivity contribution in [3.05, 3.63) is 40.4 Å². The number of hydrogen-bond donors (Lipinski definition) is 0. The Morgan fingerprint density at radius 1 is 1.14 bits per heavy atom. The highest BCUT2D eigenvalue weighted by Gasteiger charge is 2.44. The Balaban J connectivity index is 1.75. The molecule has 0 bridgehead atoms. The van der Waals surface area contributed by atoms with Gasteiger partial charge in [0.05, 0.1) is 0 Å². The number of unbranched alkanes of at least 4 members (excludes halogenated alkanes) is 1. The number of halogens is 3. The minimum atomic E-state index is -3.61. The lowest BCUT2D eigenvalue weighted by molar-refractivity contribution is -0.228. The third kappa shape index (κ3) is 4.73. The first kappa shape index (κ1) is 21.2. The van der Waals surface area contributed by atoms with Gasteiger partial charge in [-0.15, -0.1) is 0 Å². The molecule has 156 valence electrons. The normalized spacial score (nSPS) is 23.7. The highest BCUT2D eigenvalue weighted by Crippen LogP contribution is 2.45. The van der Waals surface area contributed by atoms with E-state index in [2.05, 4.69) is 0 Å². The minimum Gasteiger partial charge on any atom is -0.433 e. The molecule has 0 atom stereocenters. The van der Waals surface area contributed by atoms with Crippen LogP contribution in [-0.4, -0.2) is 13.2 Å². The van der Waals surface area contributed by atoms with Crippen molar-refractivity contribution in [3.8, 4) is 0 Å². The van der Waals surface area contributed by atoms with Gasteiger partial charge in [0.15, 0.2) is 0 Å². The molecule has 1 aliphatic carbocycles. The van der Waals surface area contributed by atoms with Crippen LogP contribution in [0, 0.1) is 11.7 Å². The summed E-state index contributed by atoms with van der Waals surface area (Å²) in [5.74, 6) is 0.0274. The van der Waals surface area contributed by atoms with E-state index in [4.69, 9.17) is 9.47 Å². The molecule has 0 saturated heterocycles. The van der Waals surface area contributed by atoms with Gasteiger partial charge in [-0.1, -0.05) is 25.5 Å². The highest BCUT2D eigenvalue weighted by atomic mass is 19.3. The molecule has 0 amide bonds. The van der Waals surface area contributed by atoms with E-state index in [1.165, 1.54) is 0 Å². The minimum absolute atomic E-state index is 0.00471. The molecular weight excluding hydrogens is 365 g/mol. The molecule has 0 N–H and O–H groups in total. The average Bonchev–Trinajstić information content (AvgIpc) is 2.66. The predicted molar refractivity (Wildman–Crippen MR) is 105 cm³/mol. The number of benzene rings is 1. The molecule has 1 aromatic rings. The summed E-state index contributed by atoms with van der Waals surface area (Å²) < 4.78 is 54.6. The third-order valence-electron chi connectivity index (χ3n) is 6.01. The van der Waals surface area contributed by atoms with Crippen molar-refractivity contribution in [2.75, 3.05) is 13.2 Å². The fourth-order valence-corrected chi connectivity index (χ4v) is 4.39. The zero-order valence-electron chi connectivity index (χ0n) is 16.9. The van der Waals surface area contributed by atoms with E-state index in [1.807, 2.05) is 13.8 Å². The molecule has 0 unspecified atom stereocenters. The maximum absolute atomic E-state index is 15.1. The van der Waals surface area contributed by atoms with E-state index in [1.54, 1.807) is 18.2 Å². The SMILES string of the molecule is CCCCC1=Cc2ccc(C3CCC(CCOCC)CC3)c(F)c2C(F)(F)O1. The maximum Gasteiger partial charge on any atom is 0.429 e. The maximum atomic E-state index is 15.1. The number of hydrogen-bond acceptors (Lipinski definition) is 2. The lowest BCUT2D eigenvalue weighted by atomic mass is 9.77. The second-order valence-corrected chi connectivity index (χ2v) is 7.97. The summed E-state index contributed by atoms with van der Waals surface area (Å²) in [6, 6.07) is 3.34. The average molecular weight is 396 g/mol. The second-order valence-electron chi connectivity index (χ2n) is 7.97. The van der Waals surface area contributed by atoms with Crippen LogP contribution in [0.5, 0.6) is 0 Å². The Bertz CT molecular complexity index is 691. The van der Waals surface area contributed by atoms with Crippen LogP contribution in [0.2, 0.25) is 0 Å². The fraction of sp³-hybridized carbons (Fsp3) is 0.652. The van der Waals surface area contributed by atoms with Crippen molar-refractivity contribution >= 4 is 6.08 Å². The quantitative estimate of drug-likeness (QED) is 0.435. The standard InChI is InChI=1S/C23H31F3O2/c1-3-5-6-19-15-18-11-12-20(22(24)21(18)23(25,26)28-19)17-9-7-16(8-10-17)13-14-27-4-2/h11-12,15-17H,3-10,13-14H2,1-2H3. The molecule has 5 heteroatoms. The summed E-state index contributed by atoms with van der Waals surface area (Å²) in [5.41, 5.74) is 0.0633. The zero-order valence-corrected chi connectivity index (χ0v) is 16.9. The Morgan fingerprint density at radius 2 is 1.89 bits per heavy atom. The van der Waals surface area contributed by atoms with Crippen LogP contribution in [0.3, 0.4) is 0 Å².